The molecule has 0 aromatic heterocycles. The van der Waals surface area contributed by atoms with E-state index >= 15 is 0 Å². The van der Waals surface area contributed by atoms with Crippen molar-refractivity contribution in [1.29, 1.82) is 0 Å². The summed E-state index contributed by atoms with van der Waals surface area (Å²) < 4.78 is 0. The third-order valence-corrected chi connectivity index (χ3v) is 2.42. The largest absolute Gasteiger partial charge is 0.103 e. The molecule has 0 fully saturated rings. The average molecular weight is 206 g/mol. The lowest BCUT2D eigenvalue weighted by molar-refractivity contribution is 0.745. The Morgan fingerprint density at radius 1 is 0.733 bits per heavy atom. The van der Waals surface area contributed by atoms with Gasteiger partial charge in [-0.3, -0.25) is 0 Å². The van der Waals surface area contributed by atoms with Crippen LogP contribution in [-0.2, 0) is 0 Å². The molecule has 0 atom stereocenters. The minimum absolute atomic E-state index is 1.16. The van der Waals surface area contributed by atoms with E-state index in [1.54, 1.807) is 0 Å². The molecule has 86 valence electrons. The first-order chi connectivity index (χ1) is 7.41. The standard InChI is InChI=1S/C15H26/c1-3-5-7-9-11-13-15-14-12-10-8-6-4-2/h3-4,6,13,15H,1,5,7-12,14H2,2H3. The summed E-state index contributed by atoms with van der Waals surface area (Å²) in [6.45, 7) is 5.81. The molecule has 0 aliphatic carbocycles. The van der Waals surface area contributed by atoms with E-state index < -0.39 is 0 Å². The van der Waals surface area contributed by atoms with Gasteiger partial charge in [0.1, 0.15) is 0 Å². The molecule has 0 bridgehead atoms. The Balaban J connectivity index is 3.06. The fourth-order valence-electron chi connectivity index (χ4n) is 1.48. The number of hydrogen-bond acceptors (Lipinski definition) is 0. The molecule has 0 aromatic rings. The van der Waals surface area contributed by atoms with Crippen molar-refractivity contribution in [3.05, 3.63) is 37.0 Å². The van der Waals surface area contributed by atoms with E-state index in [1.807, 2.05) is 6.08 Å². The van der Waals surface area contributed by atoms with Crippen LogP contribution in [-0.4, -0.2) is 0 Å². The molecule has 0 rings (SSSR count). The van der Waals surface area contributed by atoms with E-state index in [9.17, 15) is 0 Å². The zero-order valence-corrected chi connectivity index (χ0v) is 10.3. The molecular weight excluding hydrogens is 180 g/mol. The topological polar surface area (TPSA) is 0 Å². The Bertz CT molecular complexity index is 174. The maximum atomic E-state index is 3.72. The molecule has 0 aliphatic rings. The number of unbranched alkanes of at least 4 members (excludes halogenated alkanes) is 6. The zero-order chi connectivity index (χ0) is 11.2. The van der Waals surface area contributed by atoms with Crippen molar-refractivity contribution in [2.75, 3.05) is 0 Å². The predicted molar refractivity (Wildman–Crippen MR) is 71.1 cm³/mol. The van der Waals surface area contributed by atoms with Gasteiger partial charge in [-0.15, -0.1) is 6.58 Å². The maximum Gasteiger partial charge on any atom is -0.0351 e. The summed E-state index contributed by atoms with van der Waals surface area (Å²) in [5.41, 5.74) is 0. The predicted octanol–water partition coefficient (Wildman–Crippen LogP) is 5.43. The van der Waals surface area contributed by atoms with Gasteiger partial charge < -0.3 is 0 Å². The van der Waals surface area contributed by atoms with Crippen LogP contribution in [0, 0.1) is 0 Å². The molecule has 15 heavy (non-hydrogen) atoms. The lowest BCUT2D eigenvalue weighted by Gasteiger charge is -1.94. The monoisotopic (exact) mass is 206 g/mol. The zero-order valence-electron chi connectivity index (χ0n) is 10.3. The van der Waals surface area contributed by atoms with Crippen LogP contribution < -0.4 is 0 Å². The van der Waals surface area contributed by atoms with Crippen molar-refractivity contribution in [1.82, 2.24) is 0 Å². The van der Waals surface area contributed by atoms with Gasteiger partial charge in [0.15, 0.2) is 0 Å². The molecule has 0 aliphatic heterocycles. The van der Waals surface area contributed by atoms with Crippen LogP contribution in [0.4, 0.5) is 0 Å². The Morgan fingerprint density at radius 3 is 1.67 bits per heavy atom. The molecule has 0 saturated carbocycles. The summed E-state index contributed by atoms with van der Waals surface area (Å²) in [6, 6.07) is 0. The van der Waals surface area contributed by atoms with Gasteiger partial charge in [0.05, 0.1) is 0 Å². The first-order valence-electron chi connectivity index (χ1n) is 6.29. The van der Waals surface area contributed by atoms with Crippen molar-refractivity contribution in [2.45, 2.75) is 58.3 Å². The molecular formula is C15H26. The van der Waals surface area contributed by atoms with E-state index in [1.165, 1.54) is 44.9 Å². The van der Waals surface area contributed by atoms with E-state index in [2.05, 4.69) is 37.8 Å². The lowest BCUT2D eigenvalue weighted by Crippen LogP contribution is -1.74. The van der Waals surface area contributed by atoms with E-state index in [-0.39, 0.29) is 0 Å². The van der Waals surface area contributed by atoms with E-state index in [0.717, 1.165) is 6.42 Å². The van der Waals surface area contributed by atoms with Crippen LogP contribution in [0.25, 0.3) is 0 Å². The van der Waals surface area contributed by atoms with Crippen molar-refractivity contribution in [3.63, 3.8) is 0 Å². The van der Waals surface area contributed by atoms with Gasteiger partial charge in [0, 0.05) is 0 Å². The van der Waals surface area contributed by atoms with Gasteiger partial charge in [-0.1, -0.05) is 30.4 Å². The molecule has 0 spiro atoms. The number of hydrogen-bond donors (Lipinski definition) is 0. The molecule has 0 aromatic carbocycles. The summed E-state index contributed by atoms with van der Waals surface area (Å²) in [5.74, 6) is 0. The summed E-state index contributed by atoms with van der Waals surface area (Å²) in [5, 5.41) is 0. The number of allylic oxidation sites excluding steroid dienone is 5. The van der Waals surface area contributed by atoms with Gasteiger partial charge in [-0.25, -0.2) is 0 Å². The molecule has 0 amide bonds. The fraction of sp³-hybridized carbons (Fsp3) is 0.600. The highest BCUT2D eigenvalue weighted by molar-refractivity contribution is 4.82. The fourth-order valence-corrected chi connectivity index (χ4v) is 1.48. The van der Waals surface area contributed by atoms with Crippen LogP contribution in [0.3, 0.4) is 0 Å². The summed E-state index contributed by atoms with van der Waals surface area (Å²) in [4.78, 5) is 0. The first kappa shape index (κ1) is 14.2. The molecule has 0 heterocycles. The highest BCUT2D eigenvalue weighted by Crippen LogP contribution is 2.04. The average Bonchev–Trinajstić information content (AvgIpc) is 2.26. The molecule has 0 heteroatoms. The van der Waals surface area contributed by atoms with Crippen molar-refractivity contribution in [2.24, 2.45) is 0 Å². The van der Waals surface area contributed by atoms with E-state index in [0.29, 0.717) is 0 Å². The molecule has 0 radical (unpaired) electrons. The third kappa shape index (κ3) is 13.2. The highest BCUT2D eigenvalue weighted by Gasteiger charge is 1.84. The second kappa shape index (κ2) is 13.2. The minimum Gasteiger partial charge on any atom is -0.103 e. The summed E-state index contributed by atoms with van der Waals surface area (Å²) in [7, 11) is 0. The third-order valence-electron chi connectivity index (χ3n) is 2.42. The van der Waals surface area contributed by atoms with Gasteiger partial charge in [-0.2, -0.15) is 0 Å². The maximum absolute atomic E-state index is 3.72. The normalized spacial score (nSPS) is 11.5. The Morgan fingerprint density at radius 2 is 1.20 bits per heavy atom. The highest BCUT2D eigenvalue weighted by atomic mass is 13.9. The van der Waals surface area contributed by atoms with Gasteiger partial charge >= 0.3 is 0 Å². The van der Waals surface area contributed by atoms with Crippen molar-refractivity contribution < 1.29 is 0 Å². The molecule has 0 unspecified atom stereocenters. The first-order valence-corrected chi connectivity index (χ1v) is 6.29. The molecule has 0 nitrogen and oxygen atoms in total. The van der Waals surface area contributed by atoms with Gasteiger partial charge in [0.2, 0.25) is 0 Å². The van der Waals surface area contributed by atoms with Crippen molar-refractivity contribution in [3.8, 4) is 0 Å². The van der Waals surface area contributed by atoms with Gasteiger partial charge in [0.25, 0.3) is 0 Å². The van der Waals surface area contributed by atoms with Crippen LogP contribution in [0.2, 0.25) is 0 Å². The Hall–Kier alpha value is -0.780. The van der Waals surface area contributed by atoms with Crippen LogP contribution >= 0.6 is 0 Å². The van der Waals surface area contributed by atoms with E-state index in [4.69, 9.17) is 0 Å². The van der Waals surface area contributed by atoms with Gasteiger partial charge in [-0.05, 0) is 58.3 Å². The second-order valence-corrected chi connectivity index (χ2v) is 3.90. The molecule has 0 saturated heterocycles. The van der Waals surface area contributed by atoms with Crippen LogP contribution in [0.15, 0.2) is 37.0 Å². The summed E-state index contributed by atoms with van der Waals surface area (Å²) in [6.07, 6.45) is 21.2. The lowest BCUT2D eigenvalue weighted by atomic mass is 10.1. The molecule has 0 N–H and O–H groups in total. The number of rotatable bonds is 10. The van der Waals surface area contributed by atoms with Crippen LogP contribution in [0.5, 0.6) is 0 Å². The smallest absolute Gasteiger partial charge is 0.0351 e. The minimum atomic E-state index is 1.16. The summed E-state index contributed by atoms with van der Waals surface area (Å²) >= 11 is 0. The van der Waals surface area contributed by atoms with Crippen LogP contribution in [0.1, 0.15) is 58.3 Å². The van der Waals surface area contributed by atoms with Crippen molar-refractivity contribution >= 4 is 0 Å². The second-order valence-electron chi connectivity index (χ2n) is 3.90. The Kier molecular flexibility index (Phi) is 12.5. The Labute approximate surface area is 95.8 Å². The SMILES string of the molecule is C=CCCCCC=CCCCCC=CC. The quantitative estimate of drug-likeness (QED) is 0.330.